The second-order valence-electron chi connectivity index (χ2n) is 6.62. The summed E-state index contributed by atoms with van der Waals surface area (Å²) in [5, 5.41) is 2.82. The van der Waals surface area contributed by atoms with Gasteiger partial charge in [0.25, 0.3) is 0 Å². The van der Waals surface area contributed by atoms with E-state index in [0.717, 1.165) is 22.4 Å². The highest BCUT2D eigenvalue weighted by Crippen LogP contribution is 2.23. The van der Waals surface area contributed by atoms with Gasteiger partial charge >= 0.3 is 0 Å². The molecular weight excluding hydrogens is 480 g/mol. The van der Waals surface area contributed by atoms with Gasteiger partial charge in [0.1, 0.15) is 6.54 Å². The standard InChI is InChI=1S/C19H23BrN2O5S2/c1-4-18(14-8-10-17(11-9-14)28(2,24)25)21-19(23)13-22(29(3,26)27)16-7-5-6-15(20)12-16/h5-12,18H,4,13H2,1-3H3,(H,21,23). The molecule has 0 aliphatic heterocycles. The van der Waals surface area contributed by atoms with Crippen LogP contribution in [0.25, 0.3) is 0 Å². The summed E-state index contributed by atoms with van der Waals surface area (Å²) < 4.78 is 49.3. The number of anilines is 1. The van der Waals surface area contributed by atoms with Gasteiger partial charge in [-0.3, -0.25) is 9.10 Å². The Balaban J connectivity index is 2.19. The first-order valence-corrected chi connectivity index (χ1v) is 13.3. The van der Waals surface area contributed by atoms with Crippen molar-refractivity contribution in [2.45, 2.75) is 24.3 Å². The molecular formula is C19H23BrN2O5S2. The molecule has 0 radical (unpaired) electrons. The van der Waals surface area contributed by atoms with Crippen molar-refractivity contribution in [3.63, 3.8) is 0 Å². The molecule has 29 heavy (non-hydrogen) atoms. The van der Waals surface area contributed by atoms with Crippen LogP contribution in [0.2, 0.25) is 0 Å². The minimum absolute atomic E-state index is 0.195. The highest BCUT2D eigenvalue weighted by Gasteiger charge is 2.23. The molecule has 10 heteroatoms. The fourth-order valence-electron chi connectivity index (χ4n) is 2.77. The Morgan fingerprint density at radius 3 is 2.17 bits per heavy atom. The zero-order valence-electron chi connectivity index (χ0n) is 16.3. The van der Waals surface area contributed by atoms with E-state index in [-0.39, 0.29) is 17.5 Å². The minimum Gasteiger partial charge on any atom is -0.348 e. The molecule has 0 fully saturated rings. The van der Waals surface area contributed by atoms with Crippen molar-refractivity contribution in [3.8, 4) is 0 Å². The molecule has 0 aliphatic carbocycles. The summed E-state index contributed by atoms with van der Waals surface area (Å²) in [5.41, 5.74) is 1.11. The van der Waals surface area contributed by atoms with Gasteiger partial charge in [-0.2, -0.15) is 0 Å². The average Bonchev–Trinajstić information content (AvgIpc) is 2.62. The molecule has 158 valence electrons. The number of nitrogens with one attached hydrogen (secondary N) is 1. The van der Waals surface area contributed by atoms with E-state index in [0.29, 0.717) is 16.6 Å². The Labute approximate surface area is 180 Å². The molecule has 0 aromatic heterocycles. The summed E-state index contributed by atoms with van der Waals surface area (Å²) in [7, 11) is -6.98. The van der Waals surface area contributed by atoms with Gasteiger partial charge in [-0.15, -0.1) is 0 Å². The molecule has 0 saturated carbocycles. The number of rotatable bonds is 8. The highest BCUT2D eigenvalue weighted by molar-refractivity contribution is 9.10. The first-order valence-electron chi connectivity index (χ1n) is 8.74. The number of carbonyl (C=O) groups is 1. The lowest BCUT2D eigenvalue weighted by atomic mass is 10.0. The van der Waals surface area contributed by atoms with Crippen molar-refractivity contribution >= 4 is 47.4 Å². The largest absolute Gasteiger partial charge is 0.348 e. The lowest BCUT2D eigenvalue weighted by Gasteiger charge is -2.24. The fourth-order valence-corrected chi connectivity index (χ4v) is 4.64. The lowest BCUT2D eigenvalue weighted by molar-refractivity contribution is -0.120. The number of nitrogens with zero attached hydrogens (tertiary/aromatic N) is 1. The van der Waals surface area contributed by atoms with Crippen LogP contribution in [0.3, 0.4) is 0 Å². The monoisotopic (exact) mass is 502 g/mol. The Bertz CT molecular complexity index is 1080. The highest BCUT2D eigenvalue weighted by atomic mass is 79.9. The average molecular weight is 503 g/mol. The molecule has 0 heterocycles. The number of hydrogen-bond acceptors (Lipinski definition) is 5. The second kappa shape index (κ2) is 9.27. The Hall–Kier alpha value is -1.91. The summed E-state index contributed by atoms with van der Waals surface area (Å²) >= 11 is 3.30. The summed E-state index contributed by atoms with van der Waals surface area (Å²) in [5.74, 6) is -0.463. The molecule has 0 bridgehead atoms. The van der Waals surface area contributed by atoms with Gasteiger partial charge in [0.15, 0.2) is 9.84 Å². The van der Waals surface area contributed by atoms with E-state index in [1.165, 1.54) is 12.1 Å². The number of sulfone groups is 1. The molecule has 0 saturated heterocycles. The van der Waals surface area contributed by atoms with Crippen LogP contribution in [0.1, 0.15) is 24.9 Å². The van der Waals surface area contributed by atoms with E-state index >= 15 is 0 Å². The van der Waals surface area contributed by atoms with E-state index in [1.54, 1.807) is 36.4 Å². The Morgan fingerprint density at radius 2 is 1.69 bits per heavy atom. The number of carbonyl (C=O) groups excluding carboxylic acids is 1. The van der Waals surface area contributed by atoms with Crippen LogP contribution in [-0.4, -0.2) is 41.8 Å². The third-order valence-electron chi connectivity index (χ3n) is 4.24. The molecule has 2 rings (SSSR count). The molecule has 0 spiro atoms. The van der Waals surface area contributed by atoms with Crippen molar-refractivity contribution < 1.29 is 21.6 Å². The smallest absolute Gasteiger partial charge is 0.241 e. The van der Waals surface area contributed by atoms with E-state index < -0.39 is 25.8 Å². The number of benzene rings is 2. The van der Waals surface area contributed by atoms with Crippen molar-refractivity contribution in [2.24, 2.45) is 0 Å². The summed E-state index contributed by atoms with van der Waals surface area (Å²) in [6.45, 7) is 1.51. The predicted octanol–water partition coefficient (Wildman–Crippen LogP) is 2.89. The van der Waals surface area contributed by atoms with Crippen molar-refractivity contribution in [1.29, 1.82) is 0 Å². The van der Waals surface area contributed by atoms with Gasteiger partial charge < -0.3 is 5.32 Å². The molecule has 0 aliphatic rings. The van der Waals surface area contributed by atoms with Gasteiger partial charge in [-0.1, -0.05) is 41.1 Å². The van der Waals surface area contributed by atoms with Crippen LogP contribution in [0.15, 0.2) is 57.9 Å². The second-order valence-corrected chi connectivity index (χ2v) is 11.5. The van der Waals surface area contributed by atoms with Gasteiger partial charge in [0.2, 0.25) is 15.9 Å². The van der Waals surface area contributed by atoms with Gasteiger partial charge in [-0.05, 0) is 42.3 Å². The zero-order valence-corrected chi connectivity index (χ0v) is 19.5. The third kappa shape index (κ3) is 6.55. The van der Waals surface area contributed by atoms with Crippen LogP contribution in [0.4, 0.5) is 5.69 Å². The predicted molar refractivity (Wildman–Crippen MR) is 117 cm³/mol. The van der Waals surface area contributed by atoms with Crippen LogP contribution in [0.5, 0.6) is 0 Å². The molecule has 2 aromatic rings. The first-order chi connectivity index (χ1) is 13.4. The molecule has 7 nitrogen and oxygen atoms in total. The molecule has 1 amide bonds. The lowest BCUT2D eigenvalue weighted by Crippen LogP contribution is -2.41. The van der Waals surface area contributed by atoms with Crippen LogP contribution in [-0.2, 0) is 24.7 Å². The van der Waals surface area contributed by atoms with Gasteiger partial charge in [0.05, 0.1) is 22.9 Å². The summed E-state index contributed by atoms with van der Waals surface area (Å²) in [4.78, 5) is 12.8. The molecule has 1 unspecified atom stereocenters. The number of hydrogen-bond donors (Lipinski definition) is 1. The fraction of sp³-hybridized carbons (Fsp3) is 0.316. The maximum absolute atomic E-state index is 12.6. The Kier molecular flexibility index (Phi) is 7.47. The van der Waals surface area contributed by atoms with Crippen molar-refractivity contribution in [2.75, 3.05) is 23.4 Å². The van der Waals surface area contributed by atoms with E-state index in [1.807, 2.05) is 6.92 Å². The van der Waals surface area contributed by atoms with Crippen molar-refractivity contribution in [1.82, 2.24) is 5.32 Å². The van der Waals surface area contributed by atoms with Gasteiger partial charge in [0, 0.05) is 10.7 Å². The minimum atomic E-state index is -3.67. The van der Waals surface area contributed by atoms with E-state index in [2.05, 4.69) is 21.2 Å². The molecule has 2 aromatic carbocycles. The summed E-state index contributed by atoms with van der Waals surface area (Å²) in [6.07, 6.45) is 2.73. The van der Waals surface area contributed by atoms with E-state index in [9.17, 15) is 21.6 Å². The maximum atomic E-state index is 12.6. The quantitative estimate of drug-likeness (QED) is 0.597. The summed E-state index contributed by atoms with van der Waals surface area (Å²) in [6, 6.07) is 12.6. The Morgan fingerprint density at radius 1 is 1.07 bits per heavy atom. The number of halogens is 1. The van der Waals surface area contributed by atoms with Crippen LogP contribution >= 0.6 is 15.9 Å². The maximum Gasteiger partial charge on any atom is 0.241 e. The van der Waals surface area contributed by atoms with Gasteiger partial charge in [-0.25, -0.2) is 16.8 Å². The normalized spacial score (nSPS) is 13.0. The number of sulfonamides is 1. The molecule has 1 N–H and O–H groups in total. The third-order valence-corrected chi connectivity index (χ3v) is 7.00. The van der Waals surface area contributed by atoms with Crippen LogP contribution < -0.4 is 9.62 Å². The first kappa shape index (κ1) is 23.4. The molecule has 1 atom stereocenters. The SMILES string of the molecule is CCC(NC(=O)CN(c1cccc(Br)c1)S(C)(=O)=O)c1ccc(S(C)(=O)=O)cc1. The zero-order chi connectivity index (χ0) is 21.8. The topological polar surface area (TPSA) is 101 Å². The van der Waals surface area contributed by atoms with Crippen molar-refractivity contribution in [3.05, 3.63) is 58.6 Å². The van der Waals surface area contributed by atoms with Crippen LogP contribution in [0, 0.1) is 0 Å². The van der Waals surface area contributed by atoms with E-state index in [4.69, 9.17) is 0 Å². The number of amides is 1.